The standard InChI is InChI=1S/C9H8F13N/c10-4(11,2-1-3-5(12,13)14)6(15,16)7(17,18)8(19,20)9(21,22)23/h1-3,23H2. The van der Waals surface area contributed by atoms with Gasteiger partial charge in [0.25, 0.3) is 0 Å². The van der Waals surface area contributed by atoms with Gasteiger partial charge in [0.1, 0.15) is 0 Å². The molecule has 0 saturated heterocycles. The van der Waals surface area contributed by atoms with Gasteiger partial charge in [-0.25, -0.2) is 0 Å². The fraction of sp³-hybridized carbons (Fsp3) is 1.00. The smallest absolute Gasteiger partial charge is 0.267 e. The second kappa shape index (κ2) is 5.84. The normalized spacial score (nSPS) is 15.9. The SMILES string of the molecule is NC(F)(F)C(F)(F)C(F)(F)C(F)(F)C(F)(F)CCCC(F)(F)F. The summed E-state index contributed by atoms with van der Waals surface area (Å²) < 4.78 is 162. The maximum absolute atomic E-state index is 13.0. The molecule has 0 aliphatic rings. The molecule has 0 bridgehead atoms. The molecule has 0 fully saturated rings. The van der Waals surface area contributed by atoms with E-state index in [-0.39, 0.29) is 0 Å². The van der Waals surface area contributed by atoms with Gasteiger partial charge < -0.3 is 0 Å². The molecule has 140 valence electrons. The number of nitrogens with two attached hydrogens (primary N) is 1. The van der Waals surface area contributed by atoms with Crippen molar-refractivity contribution >= 4 is 0 Å². The Balaban J connectivity index is 5.50. The molecular weight excluding hydrogens is 369 g/mol. The van der Waals surface area contributed by atoms with E-state index < -0.39 is 55.2 Å². The van der Waals surface area contributed by atoms with Gasteiger partial charge in [0.2, 0.25) is 0 Å². The fourth-order valence-electron chi connectivity index (χ4n) is 1.30. The van der Waals surface area contributed by atoms with Crippen molar-refractivity contribution in [3.63, 3.8) is 0 Å². The number of alkyl halides is 13. The Hall–Kier alpha value is -0.950. The second-order valence-corrected chi connectivity index (χ2v) is 4.52. The summed E-state index contributed by atoms with van der Waals surface area (Å²) in [5.74, 6) is -27.6. The topological polar surface area (TPSA) is 26.0 Å². The zero-order valence-corrected chi connectivity index (χ0v) is 10.6. The van der Waals surface area contributed by atoms with Gasteiger partial charge in [-0.3, -0.25) is 5.73 Å². The number of hydrogen-bond donors (Lipinski definition) is 1. The average Bonchev–Trinajstić information content (AvgIpc) is 2.24. The zero-order chi connectivity index (χ0) is 19.1. The van der Waals surface area contributed by atoms with Crippen LogP contribution < -0.4 is 5.73 Å². The Morgan fingerprint density at radius 2 is 0.913 bits per heavy atom. The highest BCUT2D eigenvalue weighted by Crippen LogP contribution is 2.56. The van der Waals surface area contributed by atoms with Crippen molar-refractivity contribution in [3.05, 3.63) is 0 Å². The molecule has 0 aromatic rings. The lowest BCUT2D eigenvalue weighted by Crippen LogP contribution is -2.69. The quantitative estimate of drug-likeness (QED) is 0.500. The molecule has 0 amide bonds. The van der Waals surface area contributed by atoms with Gasteiger partial charge in [-0.05, 0) is 6.42 Å². The van der Waals surface area contributed by atoms with Gasteiger partial charge in [0, 0.05) is 12.8 Å². The largest absolute Gasteiger partial charge is 0.392 e. The molecule has 0 aromatic heterocycles. The van der Waals surface area contributed by atoms with E-state index in [4.69, 9.17) is 0 Å². The summed E-state index contributed by atoms with van der Waals surface area (Å²) in [7, 11) is 0. The van der Waals surface area contributed by atoms with Gasteiger partial charge in [-0.15, -0.1) is 0 Å². The summed E-state index contributed by atoms with van der Waals surface area (Å²) in [6.45, 7) is 0. The van der Waals surface area contributed by atoms with Crippen LogP contribution in [0.25, 0.3) is 0 Å². The second-order valence-electron chi connectivity index (χ2n) is 4.52. The minimum Gasteiger partial charge on any atom is -0.267 e. The van der Waals surface area contributed by atoms with Crippen LogP contribution in [0, 0.1) is 0 Å². The maximum atomic E-state index is 13.0. The van der Waals surface area contributed by atoms with Crippen molar-refractivity contribution < 1.29 is 57.1 Å². The van der Waals surface area contributed by atoms with Gasteiger partial charge >= 0.3 is 35.9 Å². The Morgan fingerprint density at radius 1 is 0.522 bits per heavy atom. The van der Waals surface area contributed by atoms with E-state index in [9.17, 15) is 57.1 Å². The molecular formula is C9H8F13N. The molecule has 1 nitrogen and oxygen atoms in total. The highest BCUT2D eigenvalue weighted by molar-refractivity contribution is 5.06. The Bertz CT molecular complexity index is 405. The van der Waals surface area contributed by atoms with Crippen molar-refractivity contribution in [3.8, 4) is 0 Å². The summed E-state index contributed by atoms with van der Waals surface area (Å²) in [6, 6.07) is -6.29. The van der Waals surface area contributed by atoms with E-state index in [2.05, 4.69) is 5.73 Å². The van der Waals surface area contributed by atoms with Gasteiger partial charge in [-0.2, -0.15) is 57.1 Å². The summed E-state index contributed by atoms with van der Waals surface area (Å²) >= 11 is 0. The fourth-order valence-corrected chi connectivity index (χ4v) is 1.30. The maximum Gasteiger partial charge on any atom is 0.392 e. The molecule has 0 aromatic carbocycles. The summed E-state index contributed by atoms with van der Waals surface area (Å²) in [4.78, 5) is 0. The molecule has 14 heteroatoms. The van der Waals surface area contributed by atoms with Crippen LogP contribution >= 0.6 is 0 Å². The monoisotopic (exact) mass is 377 g/mol. The molecule has 0 saturated carbocycles. The first kappa shape index (κ1) is 22.1. The number of halogens is 13. The summed E-state index contributed by atoms with van der Waals surface area (Å²) in [5.41, 5.74) is 3.31. The minimum atomic E-state index is -7.33. The predicted octanol–water partition coefficient (Wildman–Crippen LogP) is 4.81. The Kier molecular flexibility index (Phi) is 5.60. The lowest BCUT2D eigenvalue weighted by atomic mass is 9.94. The van der Waals surface area contributed by atoms with Crippen molar-refractivity contribution in [1.29, 1.82) is 0 Å². The van der Waals surface area contributed by atoms with Crippen molar-refractivity contribution in [1.82, 2.24) is 0 Å². The average molecular weight is 377 g/mol. The van der Waals surface area contributed by atoms with E-state index in [1.807, 2.05) is 0 Å². The van der Waals surface area contributed by atoms with Crippen molar-refractivity contribution in [2.45, 2.75) is 55.2 Å². The lowest BCUT2D eigenvalue weighted by molar-refractivity contribution is -0.401. The third-order valence-corrected chi connectivity index (χ3v) is 2.62. The molecule has 0 heterocycles. The first-order valence-electron chi connectivity index (χ1n) is 5.45. The van der Waals surface area contributed by atoms with Gasteiger partial charge in [0.15, 0.2) is 0 Å². The molecule has 0 aliphatic heterocycles. The zero-order valence-electron chi connectivity index (χ0n) is 10.6. The first-order valence-corrected chi connectivity index (χ1v) is 5.45. The summed E-state index contributed by atoms with van der Waals surface area (Å²) in [6.07, 6.45) is -11.6. The van der Waals surface area contributed by atoms with E-state index in [0.29, 0.717) is 0 Å². The van der Waals surface area contributed by atoms with Crippen molar-refractivity contribution in [2.24, 2.45) is 5.73 Å². The van der Waals surface area contributed by atoms with Crippen LogP contribution in [0.5, 0.6) is 0 Å². The highest BCUT2D eigenvalue weighted by Gasteiger charge is 2.85. The van der Waals surface area contributed by atoms with Crippen LogP contribution in [0.1, 0.15) is 19.3 Å². The van der Waals surface area contributed by atoms with Crippen LogP contribution in [-0.4, -0.2) is 35.9 Å². The molecule has 0 spiro atoms. The third kappa shape index (κ3) is 4.12. The highest BCUT2D eigenvalue weighted by atomic mass is 19.4. The van der Waals surface area contributed by atoms with Crippen LogP contribution in [0.4, 0.5) is 57.1 Å². The number of hydrogen-bond acceptors (Lipinski definition) is 1. The minimum absolute atomic E-state index is 1.83. The van der Waals surface area contributed by atoms with Gasteiger partial charge in [0.05, 0.1) is 0 Å². The molecule has 2 N–H and O–H groups in total. The molecule has 0 unspecified atom stereocenters. The van der Waals surface area contributed by atoms with Crippen LogP contribution in [0.15, 0.2) is 0 Å². The van der Waals surface area contributed by atoms with Crippen LogP contribution in [0.2, 0.25) is 0 Å². The third-order valence-electron chi connectivity index (χ3n) is 2.62. The van der Waals surface area contributed by atoms with E-state index in [1.54, 1.807) is 0 Å². The molecule has 0 radical (unpaired) electrons. The lowest BCUT2D eigenvalue weighted by Gasteiger charge is -2.38. The van der Waals surface area contributed by atoms with Gasteiger partial charge in [-0.1, -0.05) is 0 Å². The Morgan fingerprint density at radius 3 is 1.22 bits per heavy atom. The Labute approximate surface area is 119 Å². The molecule has 0 atom stereocenters. The van der Waals surface area contributed by atoms with E-state index >= 15 is 0 Å². The van der Waals surface area contributed by atoms with E-state index in [0.717, 1.165) is 0 Å². The van der Waals surface area contributed by atoms with Crippen LogP contribution in [0.3, 0.4) is 0 Å². The van der Waals surface area contributed by atoms with Crippen LogP contribution in [-0.2, 0) is 0 Å². The van der Waals surface area contributed by atoms with E-state index in [1.165, 1.54) is 0 Å². The molecule has 0 rings (SSSR count). The van der Waals surface area contributed by atoms with Crippen molar-refractivity contribution in [2.75, 3.05) is 0 Å². The number of rotatable bonds is 7. The molecule has 23 heavy (non-hydrogen) atoms. The summed E-state index contributed by atoms with van der Waals surface area (Å²) in [5, 5.41) is 0. The first-order chi connectivity index (χ1) is 9.71. The molecule has 0 aliphatic carbocycles. The predicted molar refractivity (Wildman–Crippen MR) is 48.8 cm³/mol.